The number of carbonyl (C=O) groups excluding carboxylic acids is 4. The van der Waals surface area contributed by atoms with Crippen LogP contribution >= 0.6 is 22.9 Å². The Hall–Kier alpha value is -5.26. The van der Waals surface area contributed by atoms with Gasteiger partial charge in [-0.3, -0.25) is 28.8 Å². The molecule has 10 nitrogen and oxygen atoms in total. The summed E-state index contributed by atoms with van der Waals surface area (Å²) in [7, 11) is 3.21. The van der Waals surface area contributed by atoms with Crippen LogP contribution in [0.4, 0.5) is 11.5 Å². The van der Waals surface area contributed by atoms with E-state index in [2.05, 4.69) is 0 Å². The van der Waals surface area contributed by atoms with Crippen LogP contribution < -0.4 is 14.5 Å². The Kier molecular flexibility index (Phi) is 8.15. The van der Waals surface area contributed by atoms with Crippen molar-refractivity contribution in [3.8, 4) is 22.1 Å². The average Bonchev–Trinajstić information content (AvgIpc) is 3.85. The summed E-state index contributed by atoms with van der Waals surface area (Å²) in [5, 5.41) is 18.0. The normalized spacial score (nSPS) is 26.1. The SMILES string of the molecule is CCc1ccc(N2C(=O)C3CC=C4C(CC5C(=O)N(c6cc(-c7sc8ccc(Cl)cc8c7C)nn6C)C(=O)C5(C)C4c4c(O)cccc4OC)C3C2=O)cc1. The van der Waals surface area contributed by atoms with Gasteiger partial charge in [-0.25, -0.2) is 4.90 Å². The molecule has 4 heterocycles. The molecule has 6 unspecified atom stereocenters. The molecule has 1 saturated carbocycles. The molecule has 6 atom stereocenters. The van der Waals surface area contributed by atoms with Crippen LogP contribution in [0.15, 0.2) is 78.4 Å². The van der Waals surface area contributed by atoms with Crippen molar-refractivity contribution >= 4 is 68.2 Å². The van der Waals surface area contributed by atoms with Gasteiger partial charge in [-0.15, -0.1) is 11.3 Å². The monoisotopic (exact) mass is 774 g/mol. The van der Waals surface area contributed by atoms with Crippen molar-refractivity contribution in [3.63, 3.8) is 0 Å². The first-order valence-corrected chi connectivity index (χ1v) is 19.7. The largest absolute Gasteiger partial charge is 0.508 e. The quantitative estimate of drug-likeness (QED) is 0.137. The number of allylic oxidation sites excluding steroid dienone is 2. The Bertz CT molecular complexity index is 2520. The number of halogens is 1. The van der Waals surface area contributed by atoms with Crippen molar-refractivity contribution in [3.05, 3.63) is 100 Å². The third-order valence-electron chi connectivity index (χ3n) is 12.6. The van der Waals surface area contributed by atoms with Gasteiger partial charge >= 0.3 is 0 Å². The van der Waals surface area contributed by atoms with Crippen molar-refractivity contribution < 1.29 is 29.0 Å². The van der Waals surface area contributed by atoms with Crippen LogP contribution in [0.3, 0.4) is 0 Å². The zero-order valence-electron chi connectivity index (χ0n) is 31.0. The number of phenols is 1. The second-order valence-electron chi connectivity index (χ2n) is 15.3. The molecule has 0 spiro atoms. The van der Waals surface area contributed by atoms with Crippen LogP contribution in [0.1, 0.15) is 49.3 Å². The first-order valence-electron chi connectivity index (χ1n) is 18.5. The number of ether oxygens (including phenoxy) is 1. The number of hydrogen-bond donors (Lipinski definition) is 1. The molecule has 280 valence electrons. The molecular formula is C43H39ClN4O6S. The number of thiophene rings is 1. The van der Waals surface area contributed by atoms with Gasteiger partial charge in [-0.1, -0.05) is 48.4 Å². The molecule has 2 aromatic heterocycles. The van der Waals surface area contributed by atoms with Gasteiger partial charge < -0.3 is 9.84 Å². The Labute approximate surface area is 326 Å². The molecular weight excluding hydrogens is 736 g/mol. The molecule has 1 N–H and O–H groups in total. The molecule has 0 radical (unpaired) electrons. The first kappa shape index (κ1) is 35.4. The van der Waals surface area contributed by atoms with Gasteiger partial charge in [0.25, 0.3) is 0 Å². The predicted octanol–water partition coefficient (Wildman–Crippen LogP) is 7.98. The fourth-order valence-corrected chi connectivity index (χ4v) is 11.2. The lowest BCUT2D eigenvalue weighted by Crippen LogP contribution is -2.49. The minimum atomic E-state index is -1.38. The maximum Gasteiger partial charge on any atom is 0.242 e. The smallest absolute Gasteiger partial charge is 0.242 e. The Morgan fingerprint density at radius 1 is 0.982 bits per heavy atom. The van der Waals surface area contributed by atoms with Crippen LogP contribution in [0, 0.1) is 36.0 Å². The number of hydrogen-bond acceptors (Lipinski definition) is 8. The molecule has 2 saturated heterocycles. The average molecular weight is 775 g/mol. The van der Waals surface area contributed by atoms with Crippen LogP contribution in [0.25, 0.3) is 20.7 Å². The Morgan fingerprint density at radius 3 is 2.47 bits per heavy atom. The van der Waals surface area contributed by atoms with Crippen molar-refractivity contribution in [2.45, 2.75) is 46.0 Å². The van der Waals surface area contributed by atoms with E-state index in [9.17, 15) is 19.5 Å². The molecule has 5 aromatic rings. The van der Waals surface area contributed by atoms with Crippen molar-refractivity contribution in [2.24, 2.45) is 36.1 Å². The van der Waals surface area contributed by atoms with Crippen molar-refractivity contribution in [1.29, 1.82) is 0 Å². The third-order valence-corrected chi connectivity index (χ3v) is 14.2. The summed E-state index contributed by atoms with van der Waals surface area (Å²) in [6.07, 6.45) is 3.26. The van der Waals surface area contributed by atoms with E-state index in [1.807, 2.05) is 62.4 Å². The van der Waals surface area contributed by atoms with E-state index in [1.54, 1.807) is 54.3 Å². The van der Waals surface area contributed by atoms with Gasteiger partial charge in [0.1, 0.15) is 23.0 Å². The number of phenolic OH excluding ortho intramolecular Hbond substituents is 1. The highest BCUT2D eigenvalue weighted by atomic mass is 35.5. The maximum absolute atomic E-state index is 15.2. The molecule has 3 aromatic carbocycles. The molecule has 12 heteroatoms. The van der Waals surface area contributed by atoms with Crippen LogP contribution in [0.5, 0.6) is 11.5 Å². The Balaban J connectivity index is 1.16. The number of aryl methyl sites for hydroxylation is 3. The fraction of sp³-hybridized carbons (Fsp3) is 0.326. The lowest BCUT2D eigenvalue weighted by molar-refractivity contribution is -0.131. The zero-order valence-corrected chi connectivity index (χ0v) is 32.6. The van der Waals surface area contributed by atoms with Crippen molar-refractivity contribution in [1.82, 2.24) is 9.78 Å². The number of fused-ring (bicyclic) bond motifs is 5. The van der Waals surface area contributed by atoms with Gasteiger partial charge in [-0.2, -0.15) is 5.10 Å². The number of amides is 4. The maximum atomic E-state index is 15.2. The summed E-state index contributed by atoms with van der Waals surface area (Å²) in [6.45, 7) is 5.84. The van der Waals surface area contributed by atoms with Gasteiger partial charge in [0, 0.05) is 34.3 Å². The van der Waals surface area contributed by atoms with Crippen LogP contribution in [0.2, 0.25) is 5.02 Å². The second-order valence-corrected chi connectivity index (χ2v) is 16.8. The number of imide groups is 2. The second kappa shape index (κ2) is 12.6. The summed E-state index contributed by atoms with van der Waals surface area (Å²) in [6, 6.07) is 19.9. The van der Waals surface area contributed by atoms with Crippen molar-refractivity contribution in [2.75, 3.05) is 16.9 Å². The van der Waals surface area contributed by atoms with Gasteiger partial charge in [0.15, 0.2) is 0 Å². The summed E-state index contributed by atoms with van der Waals surface area (Å²) in [5.41, 5.74) is 2.98. The highest BCUT2D eigenvalue weighted by Crippen LogP contribution is 2.65. The number of aromatic hydroxyl groups is 1. The molecule has 4 amide bonds. The highest BCUT2D eigenvalue weighted by Gasteiger charge is 2.68. The lowest BCUT2D eigenvalue weighted by Gasteiger charge is -2.49. The number of rotatable bonds is 6. The minimum absolute atomic E-state index is 0.0821. The molecule has 3 fully saturated rings. The van der Waals surface area contributed by atoms with Gasteiger partial charge in [0.05, 0.1) is 40.8 Å². The van der Waals surface area contributed by atoms with E-state index in [0.29, 0.717) is 33.5 Å². The minimum Gasteiger partial charge on any atom is -0.508 e. The zero-order chi connectivity index (χ0) is 38.7. The van der Waals surface area contributed by atoms with E-state index < -0.39 is 46.8 Å². The van der Waals surface area contributed by atoms with Gasteiger partial charge in [-0.05, 0) is 98.0 Å². The Morgan fingerprint density at radius 2 is 1.75 bits per heavy atom. The number of nitrogens with zero attached hydrogens (tertiary/aromatic N) is 4. The topological polar surface area (TPSA) is 122 Å². The first-order chi connectivity index (χ1) is 26.4. The summed E-state index contributed by atoms with van der Waals surface area (Å²) < 4.78 is 8.41. The summed E-state index contributed by atoms with van der Waals surface area (Å²) in [5.74, 6) is -4.45. The van der Waals surface area contributed by atoms with Crippen LogP contribution in [-0.2, 0) is 32.6 Å². The number of anilines is 2. The van der Waals surface area contributed by atoms with Gasteiger partial charge in [0.2, 0.25) is 23.6 Å². The molecule has 0 bridgehead atoms. The van der Waals surface area contributed by atoms with E-state index in [-0.39, 0.29) is 30.4 Å². The molecule has 2 aliphatic heterocycles. The van der Waals surface area contributed by atoms with E-state index in [1.165, 1.54) is 16.9 Å². The standard InChI is InChI=1S/C43H39ClN4O6S/c1-6-22-10-13-24(14-11-22)47-39(50)26-16-15-25-28(35(26)41(47)52)19-29-40(51)48(42(53)43(29,3)37(25)36-31(49)8-7-9-32(36)54-5)34-20-30(45-46(34)4)38-21(2)27-18-23(44)12-17-33(27)55-38/h7-15,17-18,20,26,28-29,35,37,49H,6,16,19H2,1-5H3. The third kappa shape index (κ3) is 4.94. The number of aromatic nitrogens is 2. The molecule has 9 rings (SSSR count). The summed E-state index contributed by atoms with van der Waals surface area (Å²) in [4.78, 5) is 62.1. The molecule has 2 aliphatic carbocycles. The highest BCUT2D eigenvalue weighted by molar-refractivity contribution is 7.22. The number of benzene rings is 3. The number of methoxy groups -OCH3 is 1. The van der Waals surface area contributed by atoms with E-state index >= 15 is 4.79 Å². The van der Waals surface area contributed by atoms with E-state index in [4.69, 9.17) is 21.4 Å². The molecule has 55 heavy (non-hydrogen) atoms. The number of carbonyl (C=O) groups is 4. The molecule has 4 aliphatic rings. The fourth-order valence-electron chi connectivity index (χ4n) is 9.89. The summed E-state index contributed by atoms with van der Waals surface area (Å²) >= 11 is 7.89. The predicted molar refractivity (Wildman–Crippen MR) is 211 cm³/mol. The van der Waals surface area contributed by atoms with E-state index in [0.717, 1.165) is 38.1 Å². The lowest BCUT2D eigenvalue weighted by atomic mass is 9.51. The van der Waals surface area contributed by atoms with Crippen LogP contribution in [-0.4, -0.2) is 45.6 Å².